The molecule has 2 aromatic carbocycles. The van der Waals surface area contributed by atoms with Gasteiger partial charge in [-0.3, -0.25) is 9.59 Å². The Bertz CT molecular complexity index is 1220. The van der Waals surface area contributed by atoms with Crippen LogP contribution >= 0.6 is 0 Å². The zero-order valence-corrected chi connectivity index (χ0v) is 21.8. The molecule has 1 atom stereocenters. The molecule has 1 unspecified atom stereocenters. The van der Waals surface area contributed by atoms with Crippen LogP contribution in [0.2, 0.25) is 0 Å². The zero-order valence-electron chi connectivity index (χ0n) is 21.0. The average molecular weight is 498 g/mol. The summed E-state index contributed by atoms with van der Waals surface area (Å²) in [5.41, 5.74) is 4.15. The van der Waals surface area contributed by atoms with Crippen molar-refractivity contribution >= 4 is 21.8 Å². The van der Waals surface area contributed by atoms with Gasteiger partial charge in [0.25, 0.3) is 0 Å². The van der Waals surface area contributed by atoms with E-state index in [4.69, 9.17) is 0 Å². The van der Waals surface area contributed by atoms with Gasteiger partial charge in [-0.25, -0.2) is 8.42 Å². The summed E-state index contributed by atoms with van der Waals surface area (Å²) < 4.78 is 27.8. The van der Waals surface area contributed by atoms with Crippen LogP contribution in [0.3, 0.4) is 0 Å². The molecule has 0 bridgehead atoms. The average Bonchev–Trinajstić information content (AvgIpc) is 2.84. The van der Waals surface area contributed by atoms with E-state index in [2.05, 4.69) is 0 Å². The summed E-state index contributed by atoms with van der Waals surface area (Å²) in [6, 6.07) is 12.6. The SMILES string of the molecule is Cc1ccc(S(=O)(=O)N2CCN(C(=O)C3Cc4ccccc4CN3C(=O)CC(C)C)CC2)cc1C. The van der Waals surface area contributed by atoms with Crippen LogP contribution in [0, 0.1) is 19.8 Å². The molecule has 35 heavy (non-hydrogen) atoms. The Morgan fingerprint density at radius 2 is 1.60 bits per heavy atom. The van der Waals surface area contributed by atoms with Gasteiger partial charge in [0.2, 0.25) is 21.8 Å². The minimum absolute atomic E-state index is 0.0104. The Morgan fingerprint density at radius 1 is 0.943 bits per heavy atom. The van der Waals surface area contributed by atoms with Gasteiger partial charge in [0.1, 0.15) is 6.04 Å². The molecule has 0 N–H and O–H groups in total. The minimum atomic E-state index is -3.62. The van der Waals surface area contributed by atoms with Gasteiger partial charge in [0, 0.05) is 45.6 Å². The van der Waals surface area contributed by atoms with Crippen molar-refractivity contribution in [2.45, 2.75) is 58.0 Å². The molecule has 188 valence electrons. The molecule has 8 heteroatoms. The molecule has 7 nitrogen and oxygen atoms in total. The molecule has 2 amide bonds. The van der Waals surface area contributed by atoms with E-state index in [1.807, 2.05) is 58.0 Å². The van der Waals surface area contributed by atoms with E-state index < -0.39 is 16.1 Å². The molecule has 2 aliphatic rings. The van der Waals surface area contributed by atoms with Crippen molar-refractivity contribution in [3.8, 4) is 0 Å². The number of nitrogens with zero attached hydrogens (tertiary/aromatic N) is 3. The first-order chi connectivity index (χ1) is 16.6. The number of carbonyl (C=O) groups excluding carboxylic acids is 2. The van der Waals surface area contributed by atoms with E-state index in [-0.39, 0.29) is 35.7 Å². The lowest BCUT2D eigenvalue weighted by Crippen LogP contribution is -2.58. The number of amides is 2. The van der Waals surface area contributed by atoms with Crippen LogP contribution in [0.5, 0.6) is 0 Å². The lowest BCUT2D eigenvalue weighted by molar-refractivity contribution is -0.148. The van der Waals surface area contributed by atoms with Gasteiger partial charge in [-0.1, -0.05) is 44.2 Å². The molecule has 2 heterocycles. The summed E-state index contributed by atoms with van der Waals surface area (Å²) in [6.07, 6.45) is 0.883. The number of benzene rings is 2. The second kappa shape index (κ2) is 10.1. The zero-order chi connectivity index (χ0) is 25.3. The van der Waals surface area contributed by atoms with Crippen LogP contribution in [0.4, 0.5) is 0 Å². The fraction of sp³-hybridized carbons (Fsp3) is 0.481. The van der Waals surface area contributed by atoms with Gasteiger partial charge < -0.3 is 9.80 Å². The summed E-state index contributed by atoms with van der Waals surface area (Å²) in [4.78, 5) is 30.4. The summed E-state index contributed by atoms with van der Waals surface area (Å²) in [5, 5.41) is 0. The number of sulfonamides is 1. The summed E-state index contributed by atoms with van der Waals surface area (Å²) >= 11 is 0. The van der Waals surface area contributed by atoms with Crippen molar-refractivity contribution in [2.75, 3.05) is 26.2 Å². The van der Waals surface area contributed by atoms with Crippen LogP contribution in [0.25, 0.3) is 0 Å². The molecule has 1 saturated heterocycles. The largest absolute Gasteiger partial charge is 0.338 e. The highest BCUT2D eigenvalue weighted by Gasteiger charge is 2.39. The maximum Gasteiger partial charge on any atom is 0.245 e. The predicted molar refractivity (Wildman–Crippen MR) is 135 cm³/mol. The van der Waals surface area contributed by atoms with Gasteiger partial charge in [-0.15, -0.1) is 0 Å². The number of hydrogen-bond acceptors (Lipinski definition) is 4. The molecule has 0 saturated carbocycles. The van der Waals surface area contributed by atoms with E-state index in [9.17, 15) is 18.0 Å². The lowest BCUT2D eigenvalue weighted by atomic mass is 9.92. The molecular formula is C27H35N3O4S. The Morgan fingerprint density at radius 3 is 2.23 bits per heavy atom. The molecular weight excluding hydrogens is 462 g/mol. The summed E-state index contributed by atoms with van der Waals surface area (Å²) in [6.45, 7) is 9.40. The number of aryl methyl sites for hydroxylation is 2. The number of rotatable bonds is 5. The first kappa shape index (κ1) is 25.4. The van der Waals surface area contributed by atoms with E-state index in [0.29, 0.717) is 32.5 Å². The van der Waals surface area contributed by atoms with Crippen molar-refractivity contribution in [2.24, 2.45) is 5.92 Å². The maximum atomic E-state index is 13.6. The fourth-order valence-electron chi connectivity index (χ4n) is 4.86. The maximum absolute atomic E-state index is 13.6. The van der Waals surface area contributed by atoms with Crippen molar-refractivity contribution in [3.63, 3.8) is 0 Å². The molecule has 0 aliphatic carbocycles. The third-order valence-electron chi connectivity index (χ3n) is 7.10. The van der Waals surface area contributed by atoms with E-state index in [1.165, 1.54) is 4.31 Å². The third-order valence-corrected chi connectivity index (χ3v) is 9.00. The monoisotopic (exact) mass is 497 g/mol. The molecule has 0 spiro atoms. The molecule has 2 aromatic rings. The van der Waals surface area contributed by atoms with E-state index in [0.717, 1.165) is 22.3 Å². The molecule has 0 radical (unpaired) electrons. The summed E-state index contributed by atoms with van der Waals surface area (Å²) in [5.74, 6) is 0.0956. The highest BCUT2D eigenvalue weighted by atomic mass is 32.2. The van der Waals surface area contributed by atoms with Gasteiger partial charge in [-0.05, 0) is 54.2 Å². The molecule has 2 aliphatic heterocycles. The fourth-order valence-corrected chi connectivity index (χ4v) is 6.36. The number of fused-ring (bicyclic) bond motifs is 1. The Hall–Kier alpha value is -2.71. The number of piperazine rings is 1. The topological polar surface area (TPSA) is 78.0 Å². The first-order valence-electron chi connectivity index (χ1n) is 12.3. The molecule has 1 fully saturated rings. The molecule has 4 rings (SSSR count). The Kier molecular flexibility index (Phi) is 7.33. The van der Waals surface area contributed by atoms with Crippen molar-refractivity contribution in [1.82, 2.24) is 14.1 Å². The smallest absolute Gasteiger partial charge is 0.245 e. The van der Waals surface area contributed by atoms with Gasteiger partial charge in [-0.2, -0.15) is 4.31 Å². The van der Waals surface area contributed by atoms with Crippen LogP contribution in [0.15, 0.2) is 47.4 Å². The van der Waals surface area contributed by atoms with Crippen LogP contribution in [0.1, 0.15) is 42.5 Å². The van der Waals surface area contributed by atoms with Crippen molar-refractivity contribution in [3.05, 3.63) is 64.7 Å². The minimum Gasteiger partial charge on any atom is -0.338 e. The van der Waals surface area contributed by atoms with Crippen LogP contribution < -0.4 is 0 Å². The van der Waals surface area contributed by atoms with Crippen LogP contribution in [-0.4, -0.2) is 66.6 Å². The summed E-state index contributed by atoms with van der Waals surface area (Å²) in [7, 11) is -3.62. The standard InChI is InChI=1S/C27H35N3O4S/c1-19(2)15-26(31)30-18-23-8-6-5-7-22(23)17-25(30)27(32)28-11-13-29(14-12-28)35(33,34)24-10-9-20(3)21(4)16-24/h5-10,16,19,25H,11-15,17-18H2,1-4H3. The Labute approximate surface area is 208 Å². The van der Waals surface area contributed by atoms with Gasteiger partial charge in [0.15, 0.2) is 0 Å². The third kappa shape index (κ3) is 5.28. The number of carbonyl (C=O) groups is 2. The van der Waals surface area contributed by atoms with Crippen LogP contribution in [-0.2, 0) is 32.6 Å². The highest BCUT2D eigenvalue weighted by Crippen LogP contribution is 2.27. The first-order valence-corrected chi connectivity index (χ1v) is 13.7. The lowest BCUT2D eigenvalue weighted by Gasteiger charge is -2.41. The number of hydrogen-bond donors (Lipinski definition) is 0. The second-order valence-electron chi connectivity index (χ2n) is 10.1. The van der Waals surface area contributed by atoms with Crippen molar-refractivity contribution < 1.29 is 18.0 Å². The second-order valence-corrected chi connectivity index (χ2v) is 12.0. The van der Waals surface area contributed by atoms with Gasteiger partial charge >= 0.3 is 0 Å². The van der Waals surface area contributed by atoms with E-state index >= 15 is 0 Å². The van der Waals surface area contributed by atoms with Crippen molar-refractivity contribution in [1.29, 1.82) is 0 Å². The van der Waals surface area contributed by atoms with E-state index in [1.54, 1.807) is 21.9 Å². The Balaban J connectivity index is 1.49. The van der Waals surface area contributed by atoms with Gasteiger partial charge in [0.05, 0.1) is 4.90 Å². The highest BCUT2D eigenvalue weighted by molar-refractivity contribution is 7.89. The predicted octanol–water partition coefficient (Wildman–Crippen LogP) is 3.14. The normalized spacial score (nSPS) is 19.1. The molecule has 0 aromatic heterocycles. The quantitative estimate of drug-likeness (QED) is 0.636.